The number of hydrogen-bond acceptors (Lipinski definition) is 3. The number of hydrogen-bond donors (Lipinski definition) is 1. The molecule has 6 heteroatoms. The fourth-order valence-corrected chi connectivity index (χ4v) is 4.18. The van der Waals surface area contributed by atoms with E-state index in [2.05, 4.69) is 0 Å². The van der Waals surface area contributed by atoms with Crippen molar-refractivity contribution in [3.63, 3.8) is 0 Å². The Hall–Kier alpha value is -2.04. The predicted octanol–water partition coefficient (Wildman–Crippen LogP) is 5.32. The van der Waals surface area contributed by atoms with Crippen LogP contribution < -0.4 is 4.74 Å². The van der Waals surface area contributed by atoms with E-state index in [1.54, 1.807) is 6.07 Å². The number of ketones is 1. The highest BCUT2D eigenvalue weighted by Gasteiger charge is 2.47. The average molecular weight is 407 g/mol. The highest BCUT2D eigenvalue weighted by molar-refractivity contribution is 6.45. The summed E-state index contributed by atoms with van der Waals surface area (Å²) in [5, 5.41) is 9.12. The number of carboxylic acid groups (broad SMARTS) is 1. The van der Waals surface area contributed by atoms with Crippen LogP contribution in [0.15, 0.2) is 36.4 Å². The summed E-state index contributed by atoms with van der Waals surface area (Å²) in [4.78, 5) is 23.9. The molecule has 142 valence electrons. The van der Waals surface area contributed by atoms with E-state index in [9.17, 15) is 9.59 Å². The van der Waals surface area contributed by atoms with Gasteiger partial charge in [0.2, 0.25) is 0 Å². The van der Waals surface area contributed by atoms with Gasteiger partial charge in [-0.05, 0) is 36.5 Å². The largest absolute Gasteiger partial charge is 0.492 e. The SMILES string of the molecule is CCC1(c2ccccc2)Cc2cc(OCCCC(=O)O)c(Cl)c(Cl)c2C1=O. The van der Waals surface area contributed by atoms with Gasteiger partial charge in [-0.1, -0.05) is 60.5 Å². The van der Waals surface area contributed by atoms with Crippen LogP contribution in [-0.2, 0) is 16.6 Å². The molecule has 27 heavy (non-hydrogen) atoms. The summed E-state index contributed by atoms with van der Waals surface area (Å²) in [7, 11) is 0. The van der Waals surface area contributed by atoms with Crippen molar-refractivity contribution in [1.29, 1.82) is 0 Å². The normalized spacial score (nSPS) is 18.4. The number of rotatable bonds is 7. The summed E-state index contributed by atoms with van der Waals surface area (Å²) in [6.45, 7) is 2.21. The first-order chi connectivity index (χ1) is 12.9. The van der Waals surface area contributed by atoms with Crippen LogP contribution in [0.5, 0.6) is 5.75 Å². The molecule has 0 heterocycles. The van der Waals surface area contributed by atoms with E-state index >= 15 is 0 Å². The minimum Gasteiger partial charge on any atom is -0.492 e. The van der Waals surface area contributed by atoms with Crippen molar-refractivity contribution in [3.8, 4) is 5.75 Å². The Morgan fingerprint density at radius 2 is 1.93 bits per heavy atom. The Morgan fingerprint density at radius 1 is 1.22 bits per heavy atom. The molecule has 1 N–H and O–H groups in total. The molecule has 1 aliphatic carbocycles. The van der Waals surface area contributed by atoms with Crippen molar-refractivity contribution < 1.29 is 19.4 Å². The average Bonchev–Trinajstić information content (AvgIpc) is 2.96. The maximum Gasteiger partial charge on any atom is 0.303 e. The molecule has 0 aliphatic heterocycles. The van der Waals surface area contributed by atoms with E-state index in [4.69, 9.17) is 33.0 Å². The molecule has 0 bridgehead atoms. The van der Waals surface area contributed by atoms with Gasteiger partial charge in [-0.25, -0.2) is 0 Å². The van der Waals surface area contributed by atoms with Crippen molar-refractivity contribution in [2.24, 2.45) is 0 Å². The minimum absolute atomic E-state index is 0.0156. The third-order valence-corrected chi connectivity index (χ3v) is 5.98. The van der Waals surface area contributed by atoms with Gasteiger partial charge in [0.25, 0.3) is 0 Å². The third kappa shape index (κ3) is 3.56. The maximum atomic E-state index is 13.3. The summed E-state index contributed by atoms with van der Waals surface area (Å²) in [6.07, 6.45) is 1.56. The number of carbonyl (C=O) groups is 2. The number of halogens is 2. The zero-order chi connectivity index (χ0) is 19.6. The Bertz CT molecular complexity index is 879. The van der Waals surface area contributed by atoms with Gasteiger partial charge in [-0.2, -0.15) is 0 Å². The number of carbonyl (C=O) groups excluding carboxylic acids is 1. The monoisotopic (exact) mass is 406 g/mol. The van der Waals surface area contributed by atoms with E-state index in [1.807, 2.05) is 37.3 Å². The lowest BCUT2D eigenvalue weighted by atomic mass is 9.75. The van der Waals surface area contributed by atoms with Crippen LogP contribution in [0.4, 0.5) is 0 Å². The van der Waals surface area contributed by atoms with Gasteiger partial charge in [-0.3, -0.25) is 9.59 Å². The lowest BCUT2D eigenvalue weighted by Gasteiger charge is -2.26. The smallest absolute Gasteiger partial charge is 0.303 e. The van der Waals surface area contributed by atoms with Crippen molar-refractivity contribution in [2.75, 3.05) is 6.61 Å². The van der Waals surface area contributed by atoms with E-state index in [0.717, 1.165) is 11.1 Å². The first-order valence-electron chi connectivity index (χ1n) is 8.86. The first kappa shape index (κ1) is 19.7. The van der Waals surface area contributed by atoms with Crippen LogP contribution in [0.2, 0.25) is 10.0 Å². The van der Waals surface area contributed by atoms with E-state index in [1.165, 1.54) is 0 Å². The molecule has 0 saturated heterocycles. The zero-order valence-electron chi connectivity index (χ0n) is 14.9. The molecule has 4 nitrogen and oxygen atoms in total. The molecular formula is C21H20Cl2O4. The molecule has 3 rings (SSSR count). The molecule has 0 radical (unpaired) electrons. The predicted molar refractivity (Wildman–Crippen MR) is 105 cm³/mol. The Morgan fingerprint density at radius 3 is 2.56 bits per heavy atom. The Kier molecular flexibility index (Phi) is 5.78. The molecule has 1 unspecified atom stereocenters. The summed E-state index contributed by atoms with van der Waals surface area (Å²) in [5.41, 5.74) is 1.58. The fraction of sp³-hybridized carbons (Fsp3) is 0.333. The van der Waals surface area contributed by atoms with Crippen molar-refractivity contribution in [2.45, 2.75) is 38.0 Å². The van der Waals surface area contributed by atoms with Gasteiger partial charge in [0.15, 0.2) is 5.78 Å². The summed E-state index contributed by atoms with van der Waals surface area (Å²) in [6, 6.07) is 11.5. The number of ether oxygens (including phenoxy) is 1. The maximum absolute atomic E-state index is 13.3. The van der Waals surface area contributed by atoms with Crippen LogP contribution in [0.25, 0.3) is 0 Å². The van der Waals surface area contributed by atoms with Crippen molar-refractivity contribution in [3.05, 3.63) is 63.1 Å². The number of fused-ring (bicyclic) bond motifs is 1. The number of carboxylic acids is 1. The molecule has 1 aliphatic rings. The molecule has 0 amide bonds. The number of benzene rings is 2. The standard InChI is InChI=1S/C21H20Cl2O4/c1-2-21(14-7-4-3-5-8-14)12-13-11-15(27-10-6-9-16(24)25)18(22)19(23)17(13)20(21)26/h3-5,7-8,11H,2,6,9-10,12H2,1H3,(H,24,25). The molecule has 2 aromatic rings. The van der Waals surface area contributed by atoms with Gasteiger partial charge in [0, 0.05) is 12.0 Å². The Balaban J connectivity index is 1.94. The van der Waals surface area contributed by atoms with Crippen LogP contribution >= 0.6 is 23.2 Å². The fourth-order valence-electron chi connectivity index (χ4n) is 3.67. The van der Waals surface area contributed by atoms with Gasteiger partial charge >= 0.3 is 5.97 Å². The molecular weight excluding hydrogens is 387 g/mol. The van der Waals surface area contributed by atoms with Gasteiger partial charge < -0.3 is 9.84 Å². The highest BCUT2D eigenvalue weighted by Crippen LogP contribution is 2.48. The molecule has 0 aromatic heterocycles. The van der Waals surface area contributed by atoms with Gasteiger partial charge in [0.1, 0.15) is 10.8 Å². The van der Waals surface area contributed by atoms with Crippen molar-refractivity contribution >= 4 is 35.0 Å². The highest BCUT2D eigenvalue weighted by atomic mass is 35.5. The topological polar surface area (TPSA) is 63.6 Å². The van der Waals surface area contributed by atoms with Crippen molar-refractivity contribution in [1.82, 2.24) is 0 Å². The molecule has 0 spiro atoms. The molecule has 0 saturated carbocycles. The Labute approximate surface area is 168 Å². The lowest BCUT2D eigenvalue weighted by Crippen LogP contribution is -2.32. The lowest BCUT2D eigenvalue weighted by molar-refractivity contribution is -0.137. The minimum atomic E-state index is -0.877. The van der Waals surface area contributed by atoms with E-state index in [-0.39, 0.29) is 28.9 Å². The summed E-state index contributed by atoms with van der Waals surface area (Å²) < 4.78 is 5.65. The summed E-state index contributed by atoms with van der Waals surface area (Å²) >= 11 is 12.8. The second-order valence-electron chi connectivity index (χ2n) is 6.69. The quantitative estimate of drug-likeness (QED) is 0.631. The second kappa shape index (κ2) is 7.91. The van der Waals surface area contributed by atoms with E-state index in [0.29, 0.717) is 30.6 Å². The second-order valence-corrected chi connectivity index (χ2v) is 7.45. The molecule has 0 fully saturated rings. The number of aliphatic carboxylic acids is 1. The zero-order valence-corrected chi connectivity index (χ0v) is 16.4. The third-order valence-electron chi connectivity index (χ3n) is 5.13. The van der Waals surface area contributed by atoms with Crippen LogP contribution in [0, 0.1) is 0 Å². The number of Topliss-reactive ketones (excluding diaryl/α,β-unsaturated/α-hetero) is 1. The van der Waals surface area contributed by atoms with Gasteiger partial charge in [0.05, 0.1) is 17.0 Å². The first-order valence-corrected chi connectivity index (χ1v) is 9.62. The van der Waals surface area contributed by atoms with Crippen LogP contribution in [0.1, 0.15) is 47.7 Å². The van der Waals surface area contributed by atoms with Crippen LogP contribution in [0.3, 0.4) is 0 Å². The summed E-state index contributed by atoms with van der Waals surface area (Å²) in [5.74, 6) is -0.507. The molecule has 2 aromatic carbocycles. The van der Waals surface area contributed by atoms with E-state index < -0.39 is 11.4 Å². The van der Waals surface area contributed by atoms with Crippen LogP contribution in [-0.4, -0.2) is 23.5 Å². The van der Waals surface area contributed by atoms with Gasteiger partial charge in [-0.15, -0.1) is 0 Å². The molecule has 1 atom stereocenters.